The molecule has 2 atom stereocenters. The normalized spacial score (nSPS) is 22.4. The summed E-state index contributed by atoms with van der Waals surface area (Å²) >= 11 is 0. The summed E-state index contributed by atoms with van der Waals surface area (Å²) in [4.78, 5) is 2.62. The van der Waals surface area contributed by atoms with Gasteiger partial charge < -0.3 is 10.2 Å². The highest BCUT2D eigenvalue weighted by molar-refractivity contribution is 5.23. The van der Waals surface area contributed by atoms with Crippen molar-refractivity contribution in [1.29, 1.82) is 0 Å². The van der Waals surface area contributed by atoms with Crippen molar-refractivity contribution < 1.29 is 0 Å². The van der Waals surface area contributed by atoms with Gasteiger partial charge in [-0.2, -0.15) is 0 Å². The fourth-order valence-electron chi connectivity index (χ4n) is 3.17. The summed E-state index contributed by atoms with van der Waals surface area (Å²) < 4.78 is 0. The maximum Gasteiger partial charge on any atom is 0.0294 e. The minimum absolute atomic E-state index is 0.457. The van der Waals surface area contributed by atoms with E-state index in [1.807, 2.05) is 0 Å². The van der Waals surface area contributed by atoms with Crippen molar-refractivity contribution in [3.63, 3.8) is 0 Å². The van der Waals surface area contributed by atoms with Crippen LogP contribution >= 0.6 is 0 Å². The summed E-state index contributed by atoms with van der Waals surface area (Å²) in [7, 11) is 0. The van der Waals surface area contributed by atoms with Crippen molar-refractivity contribution >= 4 is 0 Å². The molecule has 0 amide bonds. The Balaban J connectivity index is 1.85. The van der Waals surface area contributed by atoms with Gasteiger partial charge in [0, 0.05) is 12.1 Å². The highest BCUT2D eigenvalue weighted by Gasteiger charge is 2.18. The first-order valence-corrected chi connectivity index (χ1v) is 8.24. The molecule has 0 radical (unpaired) electrons. The zero-order valence-corrected chi connectivity index (χ0v) is 13.4. The van der Waals surface area contributed by atoms with Crippen molar-refractivity contribution in [1.82, 2.24) is 10.2 Å². The van der Waals surface area contributed by atoms with Crippen LogP contribution in [0, 0.1) is 6.92 Å². The van der Waals surface area contributed by atoms with Gasteiger partial charge in [-0.25, -0.2) is 0 Å². The lowest BCUT2D eigenvalue weighted by molar-refractivity contribution is 0.281. The van der Waals surface area contributed by atoms with E-state index in [0.717, 1.165) is 0 Å². The lowest BCUT2D eigenvalue weighted by Gasteiger charge is -2.23. The van der Waals surface area contributed by atoms with Gasteiger partial charge >= 0.3 is 0 Å². The van der Waals surface area contributed by atoms with Gasteiger partial charge in [-0.1, -0.05) is 36.8 Å². The minimum Gasteiger partial charge on any atom is -0.307 e. The van der Waals surface area contributed by atoms with Crippen molar-refractivity contribution in [3.05, 3.63) is 35.4 Å². The van der Waals surface area contributed by atoms with Gasteiger partial charge in [0.15, 0.2) is 0 Å². The third-order valence-corrected chi connectivity index (χ3v) is 4.42. The molecule has 1 N–H and O–H groups in total. The summed E-state index contributed by atoms with van der Waals surface area (Å²) in [5, 5.41) is 3.83. The predicted octanol–water partition coefficient (Wildman–Crippen LogP) is 3.91. The number of nitrogens with one attached hydrogen (secondary N) is 1. The van der Waals surface area contributed by atoms with Crippen LogP contribution < -0.4 is 5.32 Å². The zero-order valence-electron chi connectivity index (χ0n) is 13.4. The Morgan fingerprint density at radius 3 is 2.65 bits per heavy atom. The summed E-state index contributed by atoms with van der Waals surface area (Å²) in [6, 6.07) is 10.1. The standard InChI is InChI=1S/C18H30N2/c1-4-12-20-13-5-6-18(11-14-20)19-16(3)17-9-7-15(2)8-10-17/h7-10,16,18-19H,4-6,11-14H2,1-3H3/t16-,18?/m0/s1. The monoisotopic (exact) mass is 274 g/mol. The van der Waals surface area contributed by atoms with Gasteiger partial charge in [0.1, 0.15) is 0 Å². The van der Waals surface area contributed by atoms with E-state index in [0.29, 0.717) is 12.1 Å². The average Bonchev–Trinajstić information content (AvgIpc) is 2.66. The summed E-state index contributed by atoms with van der Waals surface area (Å²) in [5.74, 6) is 0. The van der Waals surface area contributed by atoms with Crippen LogP contribution in [-0.2, 0) is 0 Å². The maximum absolute atomic E-state index is 3.83. The molecule has 0 spiro atoms. The molecule has 0 aliphatic carbocycles. The molecule has 0 saturated carbocycles. The first-order chi connectivity index (χ1) is 9.69. The third-order valence-electron chi connectivity index (χ3n) is 4.42. The minimum atomic E-state index is 0.457. The molecule has 20 heavy (non-hydrogen) atoms. The summed E-state index contributed by atoms with van der Waals surface area (Å²) in [6.45, 7) is 10.5. The molecular weight excluding hydrogens is 244 g/mol. The number of nitrogens with zero attached hydrogens (tertiary/aromatic N) is 1. The lowest BCUT2D eigenvalue weighted by Crippen LogP contribution is -2.33. The number of hydrogen-bond donors (Lipinski definition) is 1. The van der Waals surface area contributed by atoms with Crippen LogP contribution in [0.5, 0.6) is 0 Å². The first kappa shape index (κ1) is 15.5. The quantitative estimate of drug-likeness (QED) is 0.875. The zero-order chi connectivity index (χ0) is 14.4. The van der Waals surface area contributed by atoms with E-state index in [1.165, 1.54) is 56.4 Å². The molecule has 1 aliphatic rings. The Morgan fingerprint density at radius 1 is 1.20 bits per heavy atom. The Labute approximate surface area is 124 Å². The van der Waals surface area contributed by atoms with Gasteiger partial charge in [-0.15, -0.1) is 0 Å². The molecule has 2 heteroatoms. The number of rotatable bonds is 5. The van der Waals surface area contributed by atoms with Gasteiger partial charge in [0.25, 0.3) is 0 Å². The van der Waals surface area contributed by atoms with Gasteiger partial charge in [0.05, 0.1) is 0 Å². The summed E-state index contributed by atoms with van der Waals surface area (Å²) in [5.41, 5.74) is 2.75. The van der Waals surface area contributed by atoms with Crippen LogP contribution in [0.25, 0.3) is 0 Å². The molecule has 1 aromatic carbocycles. The van der Waals surface area contributed by atoms with Gasteiger partial charge in [-0.05, 0) is 64.7 Å². The fourth-order valence-corrected chi connectivity index (χ4v) is 3.17. The van der Waals surface area contributed by atoms with Gasteiger partial charge in [0.2, 0.25) is 0 Å². The van der Waals surface area contributed by atoms with Crippen LogP contribution in [0.4, 0.5) is 0 Å². The second-order valence-electron chi connectivity index (χ2n) is 6.27. The molecular formula is C18H30N2. The van der Waals surface area contributed by atoms with E-state index >= 15 is 0 Å². The van der Waals surface area contributed by atoms with Crippen LogP contribution in [0.3, 0.4) is 0 Å². The van der Waals surface area contributed by atoms with Crippen LogP contribution in [0.1, 0.15) is 56.7 Å². The molecule has 0 bridgehead atoms. The average molecular weight is 274 g/mol. The number of benzene rings is 1. The predicted molar refractivity (Wildman–Crippen MR) is 87.1 cm³/mol. The third kappa shape index (κ3) is 4.60. The molecule has 1 aliphatic heterocycles. The largest absolute Gasteiger partial charge is 0.307 e. The Hall–Kier alpha value is -0.860. The van der Waals surface area contributed by atoms with E-state index in [2.05, 4.69) is 55.3 Å². The number of likely N-dealkylation sites (tertiary alicyclic amines) is 1. The maximum atomic E-state index is 3.83. The van der Waals surface area contributed by atoms with Crippen molar-refractivity contribution in [2.24, 2.45) is 0 Å². The fraction of sp³-hybridized carbons (Fsp3) is 0.667. The topological polar surface area (TPSA) is 15.3 Å². The Morgan fingerprint density at radius 2 is 1.95 bits per heavy atom. The van der Waals surface area contributed by atoms with E-state index in [9.17, 15) is 0 Å². The Kier molecular flexibility index (Phi) is 6.06. The van der Waals surface area contributed by atoms with Gasteiger partial charge in [-0.3, -0.25) is 0 Å². The second kappa shape index (κ2) is 7.80. The van der Waals surface area contributed by atoms with E-state index in [4.69, 9.17) is 0 Å². The lowest BCUT2D eigenvalue weighted by atomic mass is 10.0. The molecule has 1 aromatic rings. The molecule has 2 rings (SSSR count). The number of hydrogen-bond acceptors (Lipinski definition) is 2. The van der Waals surface area contributed by atoms with E-state index < -0.39 is 0 Å². The van der Waals surface area contributed by atoms with E-state index in [-0.39, 0.29) is 0 Å². The first-order valence-electron chi connectivity index (χ1n) is 8.24. The molecule has 112 valence electrons. The Bertz CT molecular complexity index is 385. The molecule has 1 unspecified atom stereocenters. The molecule has 0 aromatic heterocycles. The molecule has 2 nitrogen and oxygen atoms in total. The molecule has 1 heterocycles. The smallest absolute Gasteiger partial charge is 0.0294 e. The van der Waals surface area contributed by atoms with Crippen LogP contribution in [-0.4, -0.2) is 30.6 Å². The van der Waals surface area contributed by atoms with Crippen molar-refractivity contribution in [2.45, 2.75) is 58.5 Å². The van der Waals surface area contributed by atoms with E-state index in [1.54, 1.807) is 0 Å². The highest BCUT2D eigenvalue weighted by atomic mass is 15.1. The van der Waals surface area contributed by atoms with Crippen molar-refractivity contribution in [2.75, 3.05) is 19.6 Å². The number of aryl methyl sites for hydroxylation is 1. The second-order valence-corrected chi connectivity index (χ2v) is 6.27. The van der Waals surface area contributed by atoms with Crippen LogP contribution in [0.2, 0.25) is 0 Å². The van der Waals surface area contributed by atoms with Crippen molar-refractivity contribution in [3.8, 4) is 0 Å². The van der Waals surface area contributed by atoms with Crippen LogP contribution in [0.15, 0.2) is 24.3 Å². The molecule has 1 saturated heterocycles. The summed E-state index contributed by atoms with van der Waals surface area (Å²) in [6.07, 6.45) is 5.21. The SMILES string of the molecule is CCCN1CCCC(N[C@@H](C)c2ccc(C)cc2)CC1. The molecule has 1 fully saturated rings. The highest BCUT2D eigenvalue weighted by Crippen LogP contribution is 2.18.